The monoisotopic (exact) mass is 303 g/mol. The van der Waals surface area contributed by atoms with Crippen LogP contribution in [0.25, 0.3) is 0 Å². The number of nitrogens with one attached hydrogen (secondary N) is 1. The predicted octanol–water partition coefficient (Wildman–Crippen LogP) is 2.31. The van der Waals surface area contributed by atoms with Gasteiger partial charge in [-0.1, -0.05) is 52.9 Å². The molecule has 3 unspecified atom stereocenters. The molecule has 0 bridgehead atoms. The molecular formula is C17H37NO3. The lowest BCUT2D eigenvalue weighted by molar-refractivity contribution is -0.0119. The molecule has 0 aromatic heterocycles. The van der Waals surface area contributed by atoms with E-state index in [1.54, 1.807) is 6.92 Å². The number of rotatable bonds is 13. The van der Waals surface area contributed by atoms with Crippen LogP contribution in [0.5, 0.6) is 0 Å². The maximum absolute atomic E-state index is 10.5. The predicted molar refractivity (Wildman–Crippen MR) is 88.3 cm³/mol. The van der Waals surface area contributed by atoms with E-state index in [0.29, 0.717) is 18.9 Å². The van der Waals surface area contributed by atoms with Gasteiger partial charge in [0, 0.05) is 6.54 Å². The number of aliphatic hydroxyl groups is 3. The van der Waals surface area contributed by atoms with Crippen LogP contribution in [0.1, 0.15) is 66.2 Å². The Kier molecular flexibility index (Phi) is 11.3. The summed E-state index contributed by atoms with van der Waals surface area (Å²) in [5.74, 6) is 1.47. The first kappa shape index (κ1) is 20.8. The second-order valence-electron chi connectivity index (χ2n) is 7.09. The standard InChI is InChI=1S/C17H37NO3/c1-14(2)7-5-8-15(3)9-6-10-17(4,21)16(13-20)18-11-12-19/h14-16,18-21H,5-13H2,1-4H3. The second kappa shape index (κ2) is 11.4. The lowest BCUT2D eigenvalue weighted by Crippen LogP contribution is -2.51. The number of hydrogen-bond acceptors (Lipinski definition) is 4. The Morgan fingerprint density at radius 3 is 2.14 bits per heavy atom. The average molecular weight is 303 g/mol. The van der Waals surface area contributed by atoms with E-state index >= 15 is 0 Å². The van der Waals surface area contributed by atoms with Gasteiger partial charge in [-0.3, -0.25) is 0 Å². The largest absolute Gasteiger partial charge is 0.395 e. The zero-order chi connectivity index (χ0) is 16.3. The van der Waals surface area contributed by atoms with E-state index in [2.05, 4.69) is 26.1 Å². The van der Waals surface area contributed by atoms with Gasteiger partial charge in [0.05, 0.1) is 24.9 Å². The minimum Gasteiger partial charge on any atom is -0.395 e. The summed E-state index contributed by atoms with van der Waals surface area (Å²) in [4.78, 5) is 0. The van der Waals surface area contributed by atoms with Gasteiger partial charge in [-0.05, 0) is 25.2 Å². The van der Waals surface area contributed by atoms with Crippen LogP contribution in [-0.2, 0) is 0 Å². The molecule has 128 valence electrons. The van der Waals surface area contributed by atoms with Gasteiger partial charge in [-0.2, -0.15) is 0 Å². The van der Waals surface area contributed by atoms with Crippen molar-refractivity contribution < 1.29 is 15.3 Å². The molecule has 0 aromatic carbocycles. The molecule has 0 spiro atoms. The molecule has 0 aliphatic rings. The van der Waals surface area contributed by atoms with Gasteiger partial charge in [-0.25, -0.2) is 0 Å². The molecule has 0 heterocycles. The lowest BCUT2D eigenvalue weighted by Gasteiger charge is -2.32. The highest BCUT2D eigenvalue weighted by Crippen LogP contribution is 2.22. The van der Waals surface area contributed by atoms with Crippen molar-refractivity contribution in [1.82, 2.24) is 5.32 Å². The van der Waals surface area contributed by atoms with Gasteiger partial charge >= 0.3 is 0 Å². The Morgan fingerprint density at radius 2 is 1.62 bits per heavy atom. The molecule has 0 saturated carbocycles. The summed E-state index contributed by atoms with van der Waals surface area (Å²) in [7, 11) is 0. The third kappa shape index (κ3) is 10.2. The smallest absolute Gasteiger partial charge is 0.0794 e. The van der Waals surface area contributed by atoms with E-state index in [9.17, 15) is 10.2 Å². The molecule has 4 N–H and O–H groups in total. The minimum atomic E-state index is -0.929. The van der Waals surface area contributed by atoms with Crippen LogP contribution in [0, 0.1) is 11.8 Å². The summed E-state index contributed by atoms with van der Waals surface area (Å²) in [6.45, 7) is 8.86. The molecule has 0 aliphatic carbocycles. The van der Waals surface area contributed by atoms with Crippen LogP contribution in [0.3, 0.4) is 0 Å². The first-order valence-electron chi connectivity index (χ1n) is 8.51. The van der Waals surface area contributed by atoms with Crippen molar-refractivity contribution in [3.05, 3.63) is 0 Å². The molecule has 0 saturated heterocycles. The fourth-order valence-electron chi connectivity index (χ4n) is 2.72. The minimum absolute atomic E-state index is 0.0134. The Labute approximate surface area is 131 Å². The molecule has 3 atom stereocenters. The third-order valence-corrected chi connectivity index (χ3v) is 4.29. The summed E-state index contributed by atoms with van der Waals surface area (Å²) < 4.78 is 0. The van der Waals surface area contributed by atoms with Crippen molar-refractivity contribution in [3.63, 3.8) is 0 Å². The third-order valence-electron chi connectivity index (χ3n) is 4.29. The highest BCUT2D eigenvalue weighted by atomic mass is 16.3. The first-order chi connectivity index (χ1) is 9.83. The van der Waals surface area contributed by atoms with Crippen molar-refractivity contribution in [3.8, 4) is 0 Å². The van der Waals surface area contributed by atoms with Crippen molar-refractivity contribution in [2.45, 2.75) is 77.9 Å². The topological polar surface area (TPSA) is 72.7 Å². The highest BCUT2D eigenvalue weighted by molar-refractivity contribution is 4.87. The van der Waals surface area contributed by atoms with E-state index in [-0.39, 0.29) is 19.3 Å². The SMILES string of the molecule is CC(C)CCCC(C)CCCC(C)(O)C(CO)NCCO. The van der Waals surface area contributed by atoms with Crippen LogP contribution in [0.2, 0.25) is 0 Å². The zero-order valence-corrected chi connectivity index (χ0v) is 14.4. The Hall–Kier alpha value is -0.160. The Balaban J connectivity index is 3.95. The molecular weight excluding hydrogens is 266 g/mol. The van der Waals surface area contributed by atoms with E-state index in [0.717, 1.165) is 18.8 Å². The van der Waals surface area contributed by atoms with Gasteiger partial charge in [0.25, 0.3) is 0 Å². The van der Waals surface area contributed by atoms with Crippen LogP contribution in [0.4, 0.5) is 0 Å². The molecule has 21 heavy (non-hydrogen) atoms. The van der Waals surface area contributed by atoms with Crippen LogP contribution in [0.15, 0.2) is 0 Å². The van der Waals surface area contributed by atoms with Gasteiger partial charge < -0.3 is 20.6 Å². The van der Waals surface area contributed by atoms with Crippen molar-refractivity contribution in [1.29, 1.82) is 0 Å². The lowest BCUT2D eigenvalue weighted by atomic mass is 9.88. The Bertz CT molecular complexity index is 244. The summed E-state index contributed by atoms with van der Waals surface area (Å²) in [5.41, 5.74) is -0.929. The van der Waals surface area contributed by atoms with Crippen molar-refractivity contribution >= 4 is 0 Å². The second-order valence-corrected chi connectivity index (χ2v) is 7.09. The summed E-state index contributed by atoms with van der Waals surface area (Å²) in [5, 5.41) is 31.6. The van der Waals surface area contributed by atoms with E-state index in [1.807, 2.05) is 0 Å². The number of hydrogen-bond donors (Lipinski definition) is 4. The van der Waals surface area contributed by atoms with Crippen LogP contribution < -0.4 is 5.32 Å². The maximum atomic E-state index is 10.5. The van der Waals surface area contributed by atoms with Gasteiger partial charge in [-0.15, -0.1) is 0 Å². The van der Waals surface area contributed by atoms with Crippen molar-refractivity contribution in [2.24, 2.45) is 11.8 Å². The summed E-state index contributed by atoms with van der Waals surface area (Å²) in [6.07, 6.45) is 6.59. The summed E-state index contributed by atoms with van der Waals surface area (Å²) >= 11 is 0. The van der Waals surface area contributed by atoms with E-state index in [1.165, 1.54) is 19.3 Å². The highest BCUT2D eigenvalue weighted by Gasteiger charge is 2.30. The molecule has 0 amide bonds. The number of aliphatic hydroxyl groups excluding tert-OH is 2. The maximum Gasteiger partial charge on any atom is 0.0794 e. The molecule has 0 radical (unpaired) electrons. The van der Waals surface area contributed by atoms with Gasteiger partial charge in [0.2, 0.25) is 0 Å². The normalized spacial score (nSPS) is 17.7. The van der Waals surface area contributed by atoms with Crippen LogP contribution >= 0.6 is 0 Å². The van der Waals surface area contributed by atoms with Crippen molar-refractivity contribution in [2.75, 3.05) is 19.8 Å². The summed E-state index contributed by atoms with van der Waals surface area (Å²) in [6, 6.07) is -0.374. The average Bonchev–Trinajstić information content (AvgIpc) is 2.38. The Morgan fingerprint density at radius 1 is 1.00 bits per heavy atom. The quantitative estimate of drug-likeness (QED) is 0.421. The molecule has 0 fully saturated rings. The fourth-order valence-corrected chi connectivity index (χ4v) is 2.72. The first-order valence-corrected chi connectivity index (χ1v) is 8.51. The van der Waals surface area contributed by atoms with Crippen LogP contribution in [-0.4, -0.2) is 46.7 Å². The van der Waals surface area contributed by atoms with Gasteiger partial charge in [0.1, 0.15) is 0 Å². The van der Waals surface area contributed by atoms with E-state index in [4.69, 9.17) is 5.11 Å². The molecule has 4 nitrogen and oxygen atoms in total. The fraction of sp³-hybridized carbons (Fsp3) is 1.00. The van der Waals surface area contributed by atoms with Gasteiger partial charge in [0.15, 0.2) is 0 Å². The molecule has 0 rings (SSSR count). The zero-order valence-electron chi connectivity index (χ0n) is 14.4. The molecule has 0 aromatic rings. The molecule has 4 heteroatoms. The molecule has 0 aliphatic heterocycles. The van der Waals surface area contributed by atoms with E-state index < -0.39 is 5.60 Å².